The van der Waals surface area contributed by atoms with E-state index in [-0.39, 0.29) is 17.8 Å². The highest BCUT2D eigenvalue weighted by atomic mass is 16.5. The van der Waals surface area contributed by atoms with E-state index in [0.29, 0.717) is 32.9 Å². The number of amides is 1. The number of imidazole rings is 1. The van der Waals surface area contributed by atoms with E-state index in [9.17, 15) is 9.59 Å². The third-order valence-corrected chi connectivity index (χ3v) is 4.83. The molecule has 0 bridgehead atoms. The molecule has 0 aromatic carbocycles. The Labute approximate surface area is 141 Å². The van der Waals surface area contributed by atoms with Crippen molar-refractivity contribution in [1.29, 1.82) is 0 Å². The first-order valence-corrected chi connectivity index (χ1v) is 8.72. The van der Waals surface area contributed by atoms with E-state index in [4.69, 9.17) is 9.47 Å². The molecule has 24 heavy (non-hydrogen) atoms. The van der Waals surface area contributed by atoms with Crippen LogP contribution >= 0.6 is 0 Å². The molecule has 7 nitrogen and oxygen atoms in total. The number of esters is 1. The molecule has 1 amide bonds. The fourth-order valence-electron chi connectivity index (χ4n) is 3.56. The Morgan fingerprint density at radius 2 is 2.08 bits per heavy atom. The second-order valence-electron chi connectivity index (χ2n) is 6.27. The number of hydrogen-bond donors (Lipinski definition) is 0. The predicted octanol–water partition coefficient (Wildman–Crippen LogP) is 1.32. The van der Waals surface area contributed by atoms with E-state index in [1.54, 1.807) is 18.2 Å². The first kappa shape index (κ1) is 17.0. The Hall–Kier alpha value is -1.89. The lowest BCUT2D eigenvalue weighted by Crippen LogP contribution is -2.45. The van der Waals surface area contributed by atoms with Crippen LogP contribution in [0.15, 0.2) is 6.33 Å². The maximum absolute atomic E-state index is 12.8. The Kier molecular flexibility index (Phi) is 5.18. The normalized spacial score (nSPS) is 21.4. The van der Waals surface area contributed by atoms with Gasteiger partial charge in [-0.05, 0) is 26.7 Å². The molecule has 3 rings (SSSR count). The molecule has 1 aromatic rings. The smallest absolute Gasteiger partial charge is 0.316 e. The number of fused-ring (bicyclic) bond motifs is 1. The van der Waals surface area contributed by atoms with Crippen LogP contribution in [0.3, 0.4) is 0 Å². The number of ether oxygens (including phenoxy) is 2. The molecule has 2 aliphatic heterocycles. The minimum Gasteiger partial charge on any atom is -0.465 e. The molecule has 1 unspecified atom stereocenters. The third-order valence-electron chi connectivity index (χ3n) is 4.83. The van der Waals surface area contributed by atoms with Crippen LogP contribution in [0.1, 0.15) is 44.0 Å². The quantitative estimate of drug-likeness (QED) is 0.776. The zero-order valence-electron chi connectivity index (χ0n) is 14.4. The van der Waals surface area contributed by atoms with Gasteiger partial charge in [0, 0.05) is 32.2 Å². The fraction of sp³-hybridized carbons (Fsp3) is 0.706. The molecule has 1 saturated heterocycles. The van der Waals surface area contributed by atoms with Crippen LogP contribution in [0.25, 0.3) is 0 Å². The van der Waals surface area contributed by atoms with E-state index in [1.165, 1.54) is 0 Å². The van der Waals surface area contributed by atoms with Gasteiger partial charge in [-0.1, -0.05) is 0 Å². The van der Waals surface area contributed by atoms with E-state index >= 15 is 0 Å². The van der Waals surface area contributed by atoms with E-state index in [2.05, 4.69) is 4.98 Å². The summed E-state index contributed by atoms with van der Waals surface area (Å²) < 4.78 is 12.6. The summed E-state index contributed by atoms with van der Waals surface area (Å²) in [5, 5.41) is 0. The summed E-state index contributed by atoms with van der Waals surface area (Å²) in [4.78, 5) is 31.5. The topological polar surface area (TPSA) is 73.7 Å². The zero-order chi connectivity index (χ0) is 17.1. The summed E-state index contributed by atoms with van der Waals surface area (Å²) >= 11 is 0. The number of carbonyl (C=O) groups excluding carboxylic acids is 2. The molecule has 2 aliphatic rings. The van der Waals surface area contributed by atoms with Crippen LogP contribution < -0.4 is 0 Å². The molecule has 3 heterocycles. The average Bonchev–Trinajstić information content (AvgIpc) is 3.04. The molecule has 132 valence electrons. The highest BCUT2D eigenvalue weighted by Gasteiger charge is 2.38. The number of rotatable bonds is 4. The molecule has 0 aliphatic carbocycles. The summed E-state index contributed by atoms with van der Waals surface area (Å²) in [5.74, 6) is -0.654. The highest BCUT2D eigenvalue weighted by molar-refractivity contribution is 5.83. The monoisotopic (exact) mass is 335 g/mol. The van der Waals surface area contributed by atoms with Crippen LogP contribution in [0.5, 0.6) is 0 Å². The van der Waals surface area contributed by atoms with Crippen molar-refractivity contribution in [1.82, 2.24) is 14.5 Å². The van der Waals surface area contributed by atoms with Gasteiger partial charge in [0.2, 0.25) is 5.91 Å². The third kappa shape index (κ3) is 3.17. The van der Waals surface area contributed by atoms with Crippen LogP contribution in [-0.4, -0.2) is 52.7 Å². The van der Waals surface area contributed by atoms with Crippen molar-refractivity contribution in [2.75, 3.05) is 26.4 Å². The Morgan fingerprint density at radius 3 is 2.75 bits per heavy atom. The second kappa shape index (κ2) is 7.34. The number of aryl methyl sites for hydroxylation is 1. The number of nitrogens with zero attached hydrogens (tertiary/aromatic N) is 3. The van der Waals surface area contributed by atoms with Gasteiger partial charge >= 0.3 is 5.97 Å². The molecular formula is C17H25N3O4. The van der Waals surface area contributed by atoms with Gasteiger partial charge in [0.15, 0.2) is 0 Å². The lowest BCUT2D eigenvalue weighted by Gasteiger charge is -2.35. The molecule has 1 aromatic heterocycles. The number of hydrogen-bond acceptors (Lipinski definition) is 5. The van der Waals surface area contributed by atoms with Crippen molar-refractivity contribution >= 4 is 11.9 Å². The van der Waals surface area contributed by atoms with E-state index in [0.717, 1.165) is 30.8 Å². The first-order valence-electron chi connectivity index (χ1n) is 8.72. The average molecular weight is 335 g/mol. The van der Waals surface area contributed by atoms with Crippen LogP contribution in [0, 0.1) is 5.92 Å². The number of aromatic nitrogens is 2. The molecule has 0 spiro atoms. The largest absolute Gasteiger partial charge is 0.465 e. The zero-order valence-corrected chi connectivity index (χ0v) is 14.4. The van der Waals surface area contributed by atoms with Gasteiger partial charge in [-0.15, -0.1) is 0 Å². The minimum absolute atomic E-state index is 0.0172. The van der Waals surface area contributed by atoms with Gasteiger partial charge < -0.3 is 18.9 Å². The van der Waals surface area contributed by atoms with Crippen molar-refractivity contribution in [2.45, 2.75) is 45.7 Å². The summed E-state index contributed by atoms with van der Waals surface area (Å²) in [6, 6.07) is 0. The van der Waals surface area contributed by atoms with Gasteiger partial charge in [0.25, 0.3) is 0 Å². The summed E-state index contributed by atoms with van der Waals surface area (Å²) in [6.07, 6.45) is 3.24. The van der Waals surface area contributed by atoms with Gasteiger partial charge in [0.05, 0.1) is 30.9 Å². The van der Waals surface area contributed by atoms with Gasteiger partial charge in [-0.3, -0.25) is 9.59 Å². The molecule has 1 atom stereocenters. The Balaban J connectivity index is 1.84. The molecule has 0 radical (unpaired) electrons. The minimum atomic E-state index is -0.458. The lowest BCUT2D eigenvalue weighted by atomic mass is 9.94. The summed E-state index contributed by atoms with van der Waals surface area (Å²) in [5.41, 5.74) is 1.70. The maximum atomic E-state index is 12.8. The Morgan fingerprint density at radius 1 is 1.33 bits per heavy atom. The molecular weight excluding hydrogens is 310 g/mol. The maximum Gasteiger partial charge on any atom is 0.316 e. The van der Waals surface area contributed by atoms with Gasteiger partial charge in [-0.2, -0.15) is 0 Å². The molecule has 7 heteroatoms. The van der Waals surface area contributed by atoms with Crippen LogP contribution in [0.4, 0.5) is 0 Å². The highest BCUT2D eigenvalue weighted by Crippen LogP contribution is 2.31. The SMILES string of the molecule is CCOC(=O)C1CN(C(=O)C2CCOCC2)Cc2ncn(CC)c21. The standard InChI is InChI=1S/C17H25N3O4/c1-3-19-11-18-14-10-20(16(21)12-5-7-23-8-6-12)9-13(15(14)19)17(22)24-4-2/h11-13H,3-10H2,1-2H3. The predicted molar refractivity (Wildman–Crippen MR) is 86.2 cm³/mol. The van der Waals surface area contributed by atoms with Crippen molar-refractivity contribution in [3.05, 3.63) is 17.7 Å². The fourth-order valence-corrected chi connectivity index (χ4v) is 3.56. The van der Waals surface area contributed by atoms with Crippen molar-refractivity contribution < 1.29 is 19.1 Å². The van der Waals surface area contributed by atoms with Crippen LogP contribution in [-0.2, 0) is 32.2 Å². The van der Waals surface area contributed by atoms with Crippen molar-refractivity contribution in [2.24, 2.45) is 5.92 Å². The molecule has 0 N–H and O–H groups in total. The lowest BCUT2D eigenvalue weighted by molar-refractivity contribution is -0.148. The molecule has 0 saturated carbocycles. The Bertz CT molecular complexity index is 607. The van der Waals surface area contributed by atoms with Crippen molar-refractivity contribution in [3.8, 4) is 0 Å². The van der Waals surface area contributed by atoms with E-state index in [1.807, 2.05) is 11.5 Å². The van der Waals surface area contributed by atoms with Gasteiger partial charge in [0.1, 0.15) is 5.92 Å². The second-order valence-corrected chi connectivity index (χ2v) is 6.27. The van der Waals surface area contributed by atoms with Crippen LogP contribution in [0.2, 0.25) is 0 Å². The summed E-state index contributed by atoms with van der Waals surface area (Å²) in [6.45, 7) is 6.98. The van der Waals surface area contributed by atoms with Crippen molar-refractivity contribution in [3.63, 3.8) is 0 Å². The van der Waals surface area contributed by atoms with E-state index < -0.39 is 5.92 Å². The number of carbonyl (C=O) groups is 2. The summed E-state index contributed by atoms with van der Waals surface area (Å²) in [7, 11) is 0. The molecule has 1 fully saturated rings. The van der Waals surface area contributed by atoms with Gasteiger partial charge in [-0.25, -0.2) is 4.98 Å². The first-order chi connectivity index (χ1) is 11.7.